The zero-order valence-electron chi connectivity index (χ0n) is 5.18. The molecule has 0 aliphatic heterocycles. The Morgan fingerprint density at radius 1 is 0.833 bits per heavy atom. The van der Waals surface area contributed by atoms with Crippen molar-refractivity contribution < 1.29 is 13.2 Å². The van der Waals surface area contributed by atoms with E-state index in [4.69, 9.17) is 23.2 Å². The summed E-state index contributed by atoms with van der Waals surface area (Å²) in [5.74, 6) is 0. The highest BCUT2D eigenvalue weighted by atomic mass is 35.5. The Kier molecular flexibility index (Phi) is 8.29. The molecule has 0 saturated carbocycles. The van der Waals surface area contributed by atoms with Crippen LogP contribution in [0.2, 0.25) is 0 Å². The molecular weight excluding hydrogens is 282 g/mol. The molecule has 0 fully saturated rings. The highest BCUT2D eigenvalue weighted by Crippen LogP contribution is 2.42. The third-order valence-electron chi connectivity index (χ3n) is 0.369. The Balaban J connectivity index is 0. The van der Waals surface area contributed by atoms with Gasteiger partial charge in [0.05, 0.1) is 0 Å². The summed E-state index contributed by atoms with van der Waals surface area (Å²) in [6, 6.07) is 0. The molecule has 0 N–H and O–H groups in total. The van der Waals surface area contributed by atoms with E-state index in [0.29, 0.717) is 0 Å². The molecule has 0 bridgehead atoms. The van der Waals surface area contributed by atoms with Gasteiger partial charge in [0.1, 0.15) is 0 Å². The van der Waals surface area contributed by atoms with Gasteiger partial charge in [-0.2, -0.15) is 13.2 Å². The van der Waals surface area contributed by atoms with Gasteiger partial charge < -0.3 is 0 Å². The Labute approximate surface area is 92.2 Å². The SMILES string of the molecule is Cl/C=C/Cl.FC(F)(Cl)C(F)(Cl)Cl. The molecule has 0 aliphatic rings. The summed E-state index contributed by atoms with van der Waals surface area (Å²) in [6.45, 7) is 0. The van der Waals surface area contributed by atoms with Crippen LogP contribution in [0.4, 0.5) is 13.2 Å². The lowest BCUT2D eigenvalue weighted by Gasteiger charge is -2.13. The Morgan fingerprint density at radius 2 is 1.00 bits per heavy atom. The van der Waals surface area contributed by atoms with Crippen LogP contribution >= 0.6 is 58.0 Å². The van der Waals surface area contributed by atoms with Gasteiger partial charge in [-0.25, -0.2) is 0 Å². The lowest BCUT2D eigenvalue weighted by molar-refractivity contribution is 0.0241. The lowest BCUT2D eigenvalue weighted by Crippen LogP contribution is -2.27. The second kappa shape index (κ2) is 6.44. The zero-order valence-corrected chi connectivity index (χ0v) is 8.96. The highest BCUT2D eigenvalue weighted by Gasteiger charge is 2.51. The first kappa shape index (κ1) is 15.5. The van der Waals surface area contributed by atoms with E-state index in [1.165, 1.54) is 11.1 Å². The van der Waals surface area contributed by atoms with Gasteiger partial charge in [0.15, 0.2) is 0 Å². The molecule has 0 atom stereocenters. The minimum atomic E-state index is -4.23. The molecular formula is C4H2Cl5F3. The maximum absolute atomic E-state index is 11.5. The summed E-state index contributed by atoms with van der Waals surface area (Å²) in [5.41, 5.74) is 2.48. The van der Waals surface area contributed by atoms with Crippen molar-refractivity contribution in [3.05, 3.63) is 11.1 Å². The number of alkyl halides is 6. The lowest BCUT2D eigenvalue weighted by atomic mass is 10.8. The van der Waals surface area contributed by atoms with Gasteiger partial charge >= 0.3 is 9.97 Å². The van der Waals surface area contributed by atoms with Gasteiger partial charge in [-0.3, -0.25) is 0 Å². The van der Waals surface area contributed by atoms with Gasteiger partial charge in [0.25, 0.3) is 0 Å². The molecule has 74 valence electrons. The fraction of sp³-hybridized carbons (Fsp3) is 0.500. The predicted molar refractivity (Wildman–Crippen MR) is 47.2 cm³/mol. The second-order valence-electron chi connectivity index (χ2n) is 1.25. The highest BCUT2D eigenvalue weighted by molar-refractivity contribution is 6.51. The van der Waals surface area contributed by atoms with E-state index in [1.807, 2.05) is 0 Å². The average molecular weight is 284 g/mol. The van der Waals surface area contributed by atoms with Crippen LogP contribution in [0.25, 0.3) is 0 Å². The Morgan fingerprint density at radius 3 is 1.00 bits per heavy atom. The average Bonchev–Trinajstić information content (AvgIpc) is 1.84. The second-order valence-corrected chi connectivity index (χ2v) is 3.46. The van der Waals surface area contributed by atoms with E-state index in [1.54, 1.807) is 0 Å². The Bertz CT molecular complexity index is 119. The van der Waals surface area contributed by atoms with Crippen molar-refractivity contribution in [1.82, 2.24) is 0 Å². The standard InChI is InChI=1S/C2Cl3F3.C2H2Cl2/c3-1(4,6)2(5,7)8;3-1-2-4/h;1-2H/b;2-1+. The molecule has 0 saturated heterocycles. The monoisotopic (exact) mass is 282 g/mol. The van der Waals surface area contributed by atoms with Gasteiger partial charge in [0.2, 0.25) is 0 Å². The normalized spacial score (nSPS) is 12.7. The van der Waals surface area contributed by atoms with E-state index in [9.17, 15) is 13.2 Å². The van der Waals surface area contributed by atoms with Crippen molar-refractivity contribution in [2.24, 2.45) is 0 Å². The maximum atomic E-state index is 11.5. The van der Waals surface area contributed by atoms with Crippen molar-refractivity contribution in [2.45, 2.75) is 9.97 Å². The maximum Gasteiger partial charge on any atom is 0.383 e. The predicted octanol–water partition coefficient (Wildman–Crippen LogP) is 4.85. The molecule has 0 radical (unpaired) electrons. The number of halogens is 8. The number of hydrogen-bond acceptors (Lipinski definition) is 0. The van der Waals surface area contributed by atoms with Gasteiger partial charge in [-0.15, -0.1) is 0 Å². The molecule has 0 nitrogen and oxygen atoms in total. The minimum Gasteiger partial charge on any atom is -0.199 e. The van der Waals surface area contributed by atoms with Crippen molar-refractivity contribution in [3.8, 4) is 0 Å². The van der Waals surface area contributed by atoms with Gasteiger partial charge in [-0.1, -0.05) is 46.4 Å². The molecule has 0 aromatic carbocycles. The van der Waals surface area contributed by atoms with Crippen LogP contribution in [0.3, 0.4) is 0 Å². The van der Waals surface area contributed by atoms with Crippen LogP contribution in [-0.2, 0) is 0 Å². The quantitative estimate of drug-likeness (QED) is 0.604. The van der Waals surface area contributed by atoms with E-state index in [-0.39, 0.29) is 0 Å². The molecule has 0 heterocycles. The molecule has 0 aromatic rings. The van der Waals surface area contributed by atoms with Crippen molar-refractivity contribution in [3.63, 3.8) is 0 Å². The van der Waals surface area contributed by atoms with Crippen molar-refractivity contribution in [2.75, 3.05) is 0 Å². The number of rotatable bonds is 1. The molecule has 0 spiro atoms. The van der Waals surface area contributed by atoms with Crippen LogP contribution in [0.15, 0.2) is 11.1 Å². The van der Waals surface area contributed by atoms with Crippen molar-refractivity contribution in [1.29, 1.82) is 0 Å². The summed E-state index contributed by atoms with van der Waals surface area (Å²) in [7, 11) is 0. The topological polar surface area (TPSA) is 0 Å². The molecule has 0 aliphatic carbocycles. The first-order chi connectivity index (χ1) is 5.16. The molecule has 0 rings (SSSR count). The van der Waals surface area contributed by atoms with Crippen LogP contribution in [0.5, 0.6) is 0 Å². The summed E-state index contributed by atoms with van der Waals surface area (Å²) in [4.78, 5) is 0. The minimum absolute atomic E-state index is 1.24. The third kappa shape index (κ3) is 9.07. The molecule has 0 amide bonds. The fourth-order valence-corrected chi connectivity index (χ4v) is 0. The zero-order chi connectivity index (χ0) is 10.4. The first-order valence-electron chi connectivity index (χ1n) is 2.15. The van der Waals surface area contributed by atoms with Gasteiger partial charge in [-0.05, 0) is 11.6 Å². The van der Waals surface area contributed by atoms with E-state index >= 15 is 0 Å². The Hall–Kier alpha value is 0.980. The van der Waals surface area contributed by atoms with E-state index in [2.05, 4.69) is 34.8 Å². The fourth-order valence-electron chi connectivity index (χ4n) is 0. The van der Waals surface area contributed by atoms with Crippen LogP contribution in [0.1, 0.15) is 0 Å². The molecule has 8 heteroatoms. The summed E-state index contributed by atoms with van der Waals surface area (Å²) in [5, 5.41) is -4.23. The largest absolute Gasteiger partial charge is 0.383 e. The molecule has 0 unspecified atom stereocenters. The van der Waals surface area contributed by atoms with E-state index < -0.39 is 9.97 Å². The summed E-state index contributed by atoms with van der Waals surface area (Å²) in [6.07, 6.45) is 0. The van der Waals surface area contributed by atoms with E-state index in [0.717, 1.165) is 0 Å². The van der Waals surface area contributed by atoms with Crippen molar-refractivity contribution >= 4 is 58.0 Å². The molecule has 0 aromatic heterocycles. The van der Waals surface area contributed by atoms with Crippen LogP contribution in [0, 0.1) is 0 Å². The first-order valence-corrected chi connectivity index (χ1v) is 4.16. The van der Waals surface area contributed by atoms with Crippen LogP contribution in [-0.4, -0.2) is 9.97 Å². The third-order valence-corrected chi connectivity index (χ3v) is 1.68. The smallest absolute Gasteiger partial charge is 0.199 e. The molecule has 12 heavy (non-hydrogen) atoms. The summed E-state index contributed by atoms with van der Waals surface area (Å²) < 4.78 is 30.6. The van der Waals surface area contributed by atoms with Crippen LogP contribution < -0.4 is 0 Å². The number of hydrogen-bond donors (Lipinski definition) is 0. The summed E-state index contributed by atoms with van der Waals surface area (Å²) >= 11 is 22.2. The van der Waals surface area contributed by atoms with Gasteiger partial charge in [0, 0.05) is 11.1 Å².